The number of nitrogens with zero attached hydrogens (tertiary/aromatic N) is 1. The topological polar surface area (TPSA) is 80.2 Å². The highest BCUT2D eigenvalue weighted by molar-refractivity contribution is 5.99. The summed E-state index contributed by atoms with van der Waals surface area (Å²) in [6.07, 6.45) is 3.02. The zero-order valence-corrected chi connectivity index (χ0v) is 19.2. The van der Waals surface area contributed by atoms with E-state index in [-0.39, 0.29) is 17.2 Å². The Morgan fingerprint density at radius 2 is 1.50 bits per heavy atom. The molecule has 3 aromatic carbocycles. The molecule has 1 atom stereocenters. The molecule has 0 fully saturated rings. The monoisotopic (exact) mass is 453 g/mol. The van der Waals surface area contributed by atoms with Gasteiger partial charge >= 0.3 is 0 Å². The molecule has 0 bridgehead atoms. The summed E-state index contributed by atoms with van der Waals surface area (Å²) in [5.41, 5.74) is 1.24. The van der Waals surface area contributed by atoms with Gasteiger partial charge < -0.3 is 15.2 Å². The van der Waals surface area contributed by atoms with Crippen LogP contribution in [0.5, 0.6) is 0 Å². The van der Waals surface area contributed by atoms with E-state index in [0.29, 0.717) is 13.1 Å². The van der Waals surface area contributed by atoms with Crippen LogP contribution in [-0.2, 0) is 6.54 Å². The summed E-state index contributed by atoms with van der Waals surface area (Å²) in [7, 11) is 0. The molecule has 6 nitrogen and oxygen atoms in total. The van der Waals surface area contributed by atoms with Crippen LogP contribution in [0.25, 0.3) is 10.8 Å². The van der Waals surface area contributed by atoms with E-state index in [0.717, 1.165) is 21.9 Å². The molecule has 2 N–H and O–H groups in total. The van der Waals surface area contributed by atoms with Gasteiger partial charge in [0.1, 0.15) is 11.1 Å². The summed E-state index contributed by atoms with van der Waals surface area (Å²) in [5.74, 6) is -1.01. The van der Waals surface area contributed by atoms with Crippen molar-refractivity contribution >= 4 is 22.6 Å². The van der Waals surface area contributed by atoms with Gasteiger partial charge in [-0.15, -0.1) is 0 Å². The molecule has 0 aliphatic heterocycles. The Labute approximate surface area is 198 Å². The molecule has 0 saturated heterocycles. The fourth-order valence-electron chi connectivity index (χ4n) is 4.08. The maximum absolute atomic E-state index is 13.3. The van der Waals surface area contributed by atoms with Gasteiger partial charge in [-0.1, -0.05) is 72.8 Å². The average Bonchev–Trinajstić information content (AvgIpc) is 2.85. The van der Waals surface area contributed by atoms with Crippen LogP contribution in [0.2, 0.25) is 0 Å². The van der Waals surface area contributed by atoms with Crippen molar-refractivity contribution in [2.24, 2.45) is 0 Å². The molecule has 0 saturated carbocycles. The summed E-state index contributed by atoms with van der Waals surface area (Å²) >= 11 is 0. The summed E-state index contributed by atoms with van der Waals surface area (Å²) in [6, 6.07) is 23.2. The van der Waals surface area contributed by atoms with E-state index >= 15 is 0 Å². The first-order chi connectivity index (χ1) is 16.5. The molecule has 172 valence electrons. The second kappa shape index (κ2) is 10.2. The number of hydrogen-bond donors (Lipinski definition) is 2. The Bertz CT molecular complexity index is 1390. The van der Waals surface area contributed by atoms with E-state index in [1.807, 2.05) is 79.7 Å². The Morgan fingerprint density at radius 3 is 2.24 bits per heavy atom. The van der Waals surface area contributed by atoms with Gasteiger partial charge in [0, 0.05) is 25.5 Å². The van der Waals surface area contributed by atoms with Crippen molar-refractivity contribution in [2.75, 3.05) is 6.54 Å². The Kier molecular flexibility index (Phi) is 6.87. The van der Waals surface area contributed by atoms with Crippen LogP contribution >= 0.6 is 0 Å². The minimum Gasteiger partial charge on any atom is -0.352 e. The number of carbonyl (C=O) groups is 2. The van der Waals surface area contributed by atoms with E-state index < -0.39 is 17.2 Å². The normalized spacial score (nSPS) is 11.7. The number of nitrogens with one attached hydrogen (secondary N) is 2. The lowest BCUT2D eigenvalue weighted by Gasteiger charge is -2.18. The number of fused-ring (bicyclic) bond motifs is 1. The van der Waals surface area contributed by atoms with Gasteiger partial charge in [-0.2, -0.15) is 0 Å². The Balaban J connectivity index is 1.69. The van der Waals surface area contributed by atoms with Gasteiger partial charge in [-0.05, 0) is 35.7 Å². The van der Waals surface area contributed by atoms with Crippen LogP contribution in [-0.4, -0.2) is 22.9 Å². The molecule has 34 heavy (non-hydrogen) atoms. The minimum atomic E-state index is -0.585. The third-order valence-electron chi connectivity index (χ3n) is 5.75. The molecule has 0 spiro atoms. The Hall–Kier alpha value is -4.19. The quantitative estimate of drug-likeness (QED) is 0.438. The first-order valence-electron chi connectivity index (χ1n) is 11.3. The van der Waals surface area contributed by atoms with Gasteiger partial charge in [0.05, 0.1) is 6.04 Å². The van der Waals surface area contributed by atoms with Crippen molar-refractivity contribution in [3.8, 4) is 0 Å². The predicted octanol–water partition coefficient (Wildman–Crippen LogP) is 4.29. The molecular weight excluding hydrogens is 426 g/mol. The number of hydrogen-bond acceptors (Lipinski definition) is 3. The molecule has 0 aliphatic carbocycles. The van der Waals surface area contributed by atoms with Crippen LogP contribution in [0.1, 0.15) is 51.7 Å². The number of carbonyl (C=O) groups excluding carboxylic acids is 2. The lowest BCUT2D eigenvalue weighted by molar-refractivity contribution is 0.0938. The molecule has 4 rings (SSSR count). The summed E-state index contributed by atoms with van der Waals surface area (Å²) < 4.78 is 1.71. The maximum Gasteiger partial charge on any atom is 0.257 e. The number of benzene rings is 3. The third-order valence-corrected chi connectivity index (χ3v) is 5.75. The summed E-state index contributed by atoms with van der Waals surface area (Å²) in [6.45, 7) is 4.47. The fraction of sp³-hybridized carbons (Fsp3) is 0.179. The zero-order valence-electron chi connectivity index (χ0n) is 19.2. The van der Waals surface area contributed by atoms with Gasteiger partial charge in [0.25, 0.3) is 11.8 Å². The summed E-state index contributed by atoms with van der Waals surface area (Å²) in [4.78, 5) is 39.0. The molecule has 0 radical (unpaired) electrons. The van der Waals surface area contributed by atoms with Gasteiger partial charge in [-0.25, -0.2) is 0 Å². The van der Waals surface area contributed by atoms with Crippen molar-refractivity contribution in [1.29, 1.82) is 0 Å². The number of aromatic nitrogens is 1. The molecule has 0 aliphatic rings. The molecule has 6 heteroatoms. The second-order valence-electron chi connectivity index (χ2n) is 8.20. The SMILES string of the molecule is CCNC(=O)c1cn(Cc2ccccc2)cc(C(=O)NC(C)c2cccc3ccccc23)c1=O. The zero-order chi connectivity index (χ0) is 24.1. The average molecular weight is 454 g/mol. The second-order valence-corrected chi connectivity index (χ2v) is 8.20. The van der Waals surface area contributed by atoms with Crippen LogP contribution in [0.4, 0.5) is 0 Å². The van der Waals surface area contributed by atoms with Crippen molar-refractivity contribution in [1.82, 2.24) is 15.2 Å². The smallest absolute Gasteiger partial charge is 0.257 e. The third kappa shape index (κ3) is 4.91. The predicted molar refractivity (Wildman–Crippen MR) is 134 cm³/mol. The van der Waals surface area contributed by atoms with Gasteiger partial charge in [0.2, 0.25) is 5.43 Å². The minimum absolute atomic E-state index is 0.0526. The largest absolute Gasteiger partial charge is 0.352 e. The first-order valence-corrected chi connectivity index (χ1v) is 11.3. The molecule has 1 aromatic heterocycles. The number of pyridine rings is 1. The number of rotatable bonds is 7. The van der Waals surface area contributed by atoms with Crippen LogP contribution in [0, 0.1) is 0 Å². The van der Waals surface area contributed by atoms with Crippen LogP contribution < -0.4 is 16.1 Å². The molecule has 1 heterocycles. The van der Waals surface area contributed by atoms with Crippen molar-refractivity contribution < 1.29 is 9.59 Å². The van der Waals surface area contributed by atoms with Crippen LogP contribution in [0.3, 0.4) is 0 Å². The van der Waals surface area contributed by atoms with Gasteiger partial charge in [0.15, 0.2) is 0 Å². The van der Waals surface area contributed by atoms with E-state index in [9.17, 15) is 14.4 Å². The highest BCUT2D eigenvalue weighted by Crippen LogP contribution is 2.24. The fourth-order valence-corrected chi connectivity index (χ4v) is 4.08. The highest BCUT2D eigenvalue weighted by Gasteiger charge is 2.21. The van der Waals surface area contributed by atoms with Crippen molar-refractivity contribution in [3.63, 3.8) is 0 Å². The van der Waals surface area contributed by atoms with Crippen molar-refractivity contribution in [2.45, 2.75) is 26.4 Å². The van der Waals surface area contributed by atoms with Gasteiger partial charge in [-0.3, -0.25) is 14.4 Å². The molecule has 4 aromatic rings. The van der Waals surface area contributed by atoms with E-state index in [4.69, 9.17) is 0 Å². The number of amides is 2. The van der Waals surface area contributed by atoms with E-state index in [1.165, 1.54) is 12.4 Å². The lowest BCUT2D eigenvalue weighted by Crippen LogP contribution is -2.36. The lowest BCUT2D eigenvalue weighted by atomic mass is 9.99. The first kappa shape index (κ1) is 23.0. The van der Waals surface area contributed by atoms with Crippen LogP contribution in [0.15, 0.2) is 90.0 Å². The van der Waals surface area contributed by atoms with E-state index in [1.54, 1.807) is 11.5 Å². The standard InChI is InChI=1S/C28H27N3O3/c1-3-29-27(33)24-17-31(16-20-10-5-4-6-11-20)18-25(26(24)32)28(34)30-19(2)22-15-9-13-21-12-7-8-14-23(21)22/h4-15,17-19H,3,16H2,1-2H3,(H,29,33)(H,30,34). The van der Waals surface area contributed by atoms with E-state index in [2.05, 4.69) is 10.6 Å². The summed E-state index contributed by atoms with van der Waals surface area (Å²) in [5, 5.41) is 7.72. The highest BCUT2D eigenvalue weighted by atomic mass is 16.2. The molecule has 2 amide bonds. The maximum atomic E-state index is 13.3. The van der Waals surface area contributed by atoms with Crippen molar-refractivity contribution in [3.05, 3.63) is 118 Å². The molecule has 1 unspecified atom stereocenters. The Morgan fingerprint density at radius 1 is 0.853 bits per heavy atom. The molecular formula is C28H27N3O3.